The van der Waals surface area contributed by atoms with Crippen LogP contribution in [0.4, 0.5) is 8.78 Å². The summed E-state index contributed by atoms with van der Waals surface area (Å²) >= 11 is 0. The Labute approximate surface area is 195 Å². The first kappa shape index (κ1) is 23.4. The van der Waals surface area contributed by atoms with Gasteiger partial charge in [-0.1, -0.05) is 6.07 Å². The second-order valence-corrected chi connectivity index (χ2v) is 8.53. The molecule has 1 saturated heterocycles. The molecule has 0 aliphatic carbocycles. The number of rotatable bonds is 9. The molecule has 0 saturated carbocycles. The van der Waals surface area contributed by atoms with Crippen LogP contribution in [0.15, 0.2) is 48.7 Å². The van der Waals surface area contributed by atoms with Crippen molar-refractivity contribution in [1.29, 1.82) is 0 Å². The molecule has 0 spiro atoms. The topological polar surface area (TPSA) is 96.1 Å². The van der Waals surface area contributed by atoms with Crippen molar-refractivity contribution in [2.24, 2.45) is 0 Å². The van der Waals surface area contributed by atoms with Crippen molar-refractivity contribution >= 4 is 11.8 Å². The predicted molar refractivity (Wildman–Crippen MR) is 122 cm³/mol. The molecular formula is C25H26F2N4O3. The van der Waals surface area contributed by atoms with Gasteiger partial charge in [0.1, 0.15) is 5.82 Å². The number of hydrogen-bond acceptors (Lipinski definition) is 4. The number of benzene rings is 2. The number of nitrogens with one attached hydrogen (secondary N) is 3. The van der Waals surface area contributed by atoms with Crippen LogP contribution in [-0.2, 0) is 22.6 Å². The van der Waals surface area contributed by atoms with Crippen LogP contribution in [0, 0.1) is 11.6 Å². The summed E-state index contributed by atoms with van der Waals surface area (Å²) in [5.41, 5.74) is 2.51. The van der Waals surface area contributed by atoms with Crippen molar-refractivity contribution in [1.82, 2.24) is 20.8 Å². The molecular weight excluding hydrogens is 442 g/mol. The van der Waals surface area contributed by atoms with Gasteiger partial charge in [0, 0.05) is 36.1 Å². The Bertz CT molecular complexity index is 1180. The number of carbonyl (C=O) groups excluding carboxylic acids is 2. The number of carbonyl (C=O) groups is 2. The van der Waals surface area contributed by atoms with Crippen molar-refractivity contribution < 1.29 is 23.1 Å². The third-order valence-electron chi connectivity index (χ3n) is 6.15. The van der Waals surface area contributed by atoms with Crippen molar-refractivity contribution in [3.63, 3.8) is 0 Å². The van der Waals surface area contributed by atoms with Gasteiger partial charge in [0.25, 0.3) is 0 Å². The molecule has 7 nitrogen and oxygen atoms in total. The van der Waals surface area contributed by atoms with Gasteiger partial charge in [0.2, 0.25) is 11.8 Å². The third-order valence-corrected chi connectivity index (χ3v) is 6.15. The molecule has 9 heteroatoms. The first-order chi connectivity index (χ1) is 16.4. The molecule has 3 N–H and O–H groups in total. The number of hydrogen-bond donors (Lipinski definition) is 3. The number of H-pyrrole nitrogens is 1. The van der Waals surface area contributed by atoms with E-state index in [0.29, 0.717) is 31.4 Å². The average molecular weight is 469 g/mol. The van der Waals surface area contributed by atoms with E-state index in [1.165, 1.54) is 25.3 Å². The molecule has 3 aromatic rings. The quantitative estimate of drug-likeness (QED) is 0.447. The van der Waals surface area contributed by atoms with E-state index in [9.17, 15) is 18.4 Å². The standard InChI is InChI=1S/C25H26F2N4O3/c1-34-21-12-16(2-7-20(21)27)13-25(11-9-23(33)30-25)10-8-22(32)28-14-18-15-29-31-24(18)17-3-5-19(26)6-4-17/h2-7,12,15H,8-11,13-14H2,1H3,(H,28,32)(H,29,31)(H,30,33). The van der Waals surface area contributed by atoms with Crippen LogP contribution in [0.2, 0.25) is 0 Å². The van der Waals surface area contributed by atoms with Crippen LogP contribution in [0.1, 0.15) is 36.8 Å². The van der Waals surface area contributed by atoms with Crippen molar-refractivity contribution in [3.05, 3.63) is 71.4 Å². The minimum absolute atomic E-state index is 0.0585. The van der Waals surface area contributed by atoms with Gasteiger partial charge in [-0.15, -0.1) is 0 Å². The Hall–Kier alpha value is -3.75. The minimum Gasteiger partial charge on any atom is -0.494 e. The molecule has 1 aliphatic rings. The zero-order chi connectivity index (χ0) is 24.1. The molecule has 1 aromatic heterocycles. The van der Waals surface area contributed by atoms with E-state index in [-0.39, 0.29) is 36.3 Å². The number of amides is 2. The van der Waals surface area contributed by atoms with Crippen LogP contribution >= 0.6 is 0 Å². The fourth-order valence-corrected chi connectivity index (χ4v) is 4.33. The lowest BCUT2D eigenvalue weighted by Gasteiger charge is -2.29. The average Bonchev–Trinajstić information content (AvgIpc) is 3.45. The predicted octanol–water partition coefficient (Wildman–Crippen LogP) is 3.65. The minimum atomic E-state index is -0.577. The summed E-state index contributed by atoms with van der Waals surface area (Å²) in [5.74, 6) is -0.855. The molecule has 1 atom stereocenters. The van der Waals surface area contributed by atoms with Crippen LogP contribution < -0.4 is 15.4 Å². The van der Waals surface area contributed by atoms with E-state index in [1.54, 1.807) is 30.5 Å². The second-order valence-electron chi connectivity index (χ2n) is 8.53. The van der Waals surface area contributed by atoms with E-state index in [4.69, 9.17) is 4.74 Å². The van der Waals surface area contributed by atoms with E-state index >= 15 is 0 Å². The fourth-order valence-electron chi connectivity index (χ4n) is 4.33. The molecule has 0 radical (unpaired) electrons. The molecule has 2 amide bonds. The highest BCUT2D eigenvalue weighted by Crippen LogP contribution is 2.31. The van der Waals surface area contributed by atoms with Gasteiger partial charge in [0.05, 0.1) is 19.0 Å². The van der Waals surface area contributed by atoms with Gasteiger partial charge in [0.15, 0.2) is 11.6 Å². The van der Waals surface area contributed by atoms with E-state index in [1.807, 2.05) is 0 Å². The molecule has 0 bridgehead atoms. The first-order valence-electron chi connectivity index (χ1n) is 11.1. The molecule has 1 aliphatic heterocycles. The lowest BCUT2D eigenvalue weighted by molar-refractivity contribution is -0.122. The maximum absolute atomic E-state index is 13.8. The summed E-state index contributed by atoms with van der Waals surface area (Å²) in [6.07, 6.45) is 3.73. The van der Waals surface area contributed by atoms with Crippen molar-refractivity contribution in [2.75, 3.05) is 7.11 Å². The van der Waals surface area contributed by atoms with E-state index < -0.39 is 11.4 Å². The summed E-state index contributed by atoms with van der Waals surface area (Å²) in [5, 5.41) is 12.8. The van der Waals surface area contributed by atoms with E-state index in [0.717, 1.165) is 16.7 Å². The Kier molecular flexibility index (Phi) is 6.90. The van der Waals surface area contributed by atoms with Gasteiger partial charge in [-0.05, 0) is 61.2 Å². The highest BCUT2D eigenvalue weighted by molar-refractivity contribution is 5.80. The van der Waals surface area contributed by atoms with Crippen LogP contribution in [0.25, 0.3) is 11.3 Å². The monoisotopic (exact) mass is 468 g/mol. The molecule has 4 rings (SSSR count). The zero-order valence-electron chi connectivity index (χ0n) is 18.8. The lowest BCUT2D eigenvalue weighted by atomic mass is 9.85. The third kappa shape index (κ3) is 5.41. The molecule has 178 valence electrons. The zero-order valence-corrected chi connectivity index (χ0v) is 18.8. The van der Waals surface area contributed by atoms with E-state index in [2.05, 4.69) is 20.8 Å². The van der Waals surface area contributed by atoms with Crippen LogP contribution in [0.3, 0.4) is 0 Å². The molecule has 2 heterocycles. The van der Waals surface area contributed by atoms with Gasteiger partial charge >= 0.3 is 0 Å². The Morgan fingerprint density at radius 2 is 2.00 bits per heavy atom. The van der Waals surface area contributed by atoms with Crippen molar-refractivity contribution in [3.8, 4) is 17.0 Å². The number of aromatic nitrogens is 2. The smallest absolute Gasteiger partial charge is 0.220 e. The van der Waals surface area contributed by atoms with Crippen LogP contribution in [0.5, 0.6) is 5.75 Å². The molecule has 34 heavy (non-hydrogen) atoms. The Balaban J connectivity index is 1.37. The van der Waals surface area contributed by atoms with Crippen LogP contribution in [-0.4, -0.2) is 34.7 Å². The molecule has 2 aromatic carbocycles. The van der Waals surface area contributed by atoms with Gasteiger partial charge < -0.3 is 15.4 Å². The maximum Gasteiger partial charge on any atom is 0.220 e. The highest BCUT2D eigenvalue weighted by Gasteiger charge is 2.38. The summed E-state index contributed by atoms with van der Waals surface area (Å²) in [4.78, 5) is 24.7. The maximum atomic E-state index is 13.8. The Morgan fingerprint density at radius 3 is 2.71 bits per heavy atom. The van der Waals surface area contributed by atoms with Gasteiger partial charge in [-0.2, -0.15) is 5.10 Å². The second kappa shape index (κ2) is 10.0. The normalized spacial score (nSPS) is 17.4. The summed E-state index contributed by atoms with van der Waals surface area (Å²) in [7, 11) is 1.40. The summed E-state index contributed by atoms with van der Waals surface area (Å²) < 4.78 is 32.1. The van der Waals surface area contributed by atoms with Gasteiger partial charge in [-0.25, -0.2) is 8.78 Å². The highest BCUT2D eigenvalue weighted by atomic mass is 19.1. The lowest BCUT2D eigenvalue weighted by Crippen LogP contribution is -2.44. The first-order valence-corrected chi connectivity index (χ1v) is 11.1. The molecule has 1 unspecified atom stereocenters. The number of methoxy groups -OCH3 is 1. The number of aromatic amines is 1. The SMILES string of the molecule is COc1cc(CC2(CCC(=O)NCc3cn[nH]c3-c3ccc(F)cc3)CCC(=O)N2)ccc1F. The summed E-state index contributed by atoms with van der Waals surface area (Å²) in [6, 6.07) is 10.7. The van der Waals surface area contributed by atoms with Crippen molar-refractivity contribution in [2.45, 2.75) is 44.2 Å². The summed E-state index contributed by atoms with van der Waals surface area (Å²) in [6.45, 7) is 0.260. The largest absolute Gasteiger partial charge is 0.494 e. The van der Waals surface area contributed by atoms with Gasteiger partial charge in [-0.3, -0.25) is 14.7 Å². The fraction of sp³-hybridized carbons (Fsp3) is 0.320. The number of nitrogens with zero attached hydrogens (tertiary/aromatic N) is 1. The molecule has 1 fully saturated rings. The Morgan fingerprint density at radius 1 is 1.21 bits per heavy atom. The number of halogens is 2. The number of ether oxygens (including phenoxy) is 1.